The molecular weight excluding hydrogens is 352 g/mol. The van der Waals surface area contributed by atoms with Crippen LogP contribution in [0.1, 0.15) is 43.4 Å². The Balaban J connectivity index is 3.01. The molecule has 9 heteroatoms. The minimum Gasteiger partial charge on any atom is -0.480 e. The molecule has 0 aliphatic rings. The van der Waals surface area contributed by atoms with Gasteiger partial charge in [-0.05, 0) is 55.9 Å². The fourth-order valence-corrected chi connectivity index (χ4v) is 2.57. The highest BCUT2D eigenvalue weighted by Crippen LogP contribution is 2.37. The third kappa shape index (κ3) is 5.91. The quantitative estimate of drug-likeness (QED) is 0.725. The molecule has 25 heavy (non-hydrogen) atoms. The monoisotopic (exact) mass is 371 g/mol. The van der Waals surface area contributed by atoms with E-state index in [1.54, 1.807) is 6.92 Å². The summed E-state index contributed by atoms with van der Waals surface area (Å²) < 4.78 is 77.2. The second-order valence-corrected chi connectivity index (χ2v) is 6.44. The molecule has 0 aliphatic carbocycles. The van der Waals surface area contributed by atoms with Crippen LogP contribution in [0, 0.1) is 5.92 Å². The summed E-state index contributed by atoms with van der Waals surface area (Å²) in [6.07, 6.45) is -9.72. The summed E-state index contributed by atoms with van der Waals surface area (Å²) in [4.78, 5) is 11.0. The molecule has 3 N–H and O–H groups in total. The number of hydrogen-bond acceptors (Lipinski definition) is 2. The van der Waals surface area contributed by atoms with E-state index in [9.17, 15) is 31.1 Å². The van der Waals surface area contributed by atoms with E-state index >= 15 is 0 Å². The van der Waals surface area contributed by atoms with Crippen molar-refractivity contribution in [1.82, 2.24) is 0 Å². The number of benzene rings is 1. The summed E-state index contributed by atoms with van der Waals surface area (Å²) in [6.45, 7) is 2.87. The third-order valence-electron chi connectivity index (χ3n) is 3.91. The molecule has 1 aromatic rings. The van der Waals surface area contributed by atoms with Gasteiger partial charge in [0, 0.05) is 0 Å². The van der Waals surface area contributed by atoms with Crippen LogP contribution in [0.2, 0.25) is 0 Å². The molecule has 1 rings (SSSR count). The molecule has 0 saturated carbocycles. The Labute approximate surface area is 140 Å². The van der Waals surface area contributed by atoms with Crippen LogP contribution in [0.5, 0.6) is 0 Å². The Kier molecular flexibility index (Phi) is 6.15. The van der Waals surface area contributed by atoms with Gasteiger partial charge in [0.1, 0.15) is 5.54 Å². The van der Waals surface area contributed by atoms with Gasteiger partial charge in [-0.3, -0.25) is 4.79 Å². The van der Waals surface area contributed by atoms with E-state index < -0.39 is 40.6 Å². The van der Waals surface area contributed by atoms with E-state index in [4.69, 9.17) is 10.8 Å². The average molecular weight is 371 g/mol. The molecule has 3 nitrogen and oxygen atoms in total. The van der Waals surface area contributed by atoms with Gasteiger partial charge in [-0.2, -0.15) is 26.3 Å². The predicted octanol–water partition coefficient (Wildman–Crippen LogP) is 4.49. The van der Waals surface area contributed by atoms with Crippen LogP contribution in [0.4, 0.5) is 26.3 Å². The van der Waals surface area contributed by atoms with E-state index in [1.165, 1.54) is 6.92 Å². The minimum atomic E-state index is -4.77. The zero-order valence-corrected chi connectivity index (χ0v) is 13.6. The highest BCUT2D eigenvalue weighted by molar-refractivity contribution is 5.77. The van der Waals surface area contributed by atoms with Gasteiger partial charge >= 0.3 is 18.3 Å². The Morgan fingerprint density at radius 3 is 2.16 bits per heavy atom. The van der Waals surface area contributed by atoms with Crippen molar-refractivity contribution in [2.75, 3.05) is 0 Å². The van der Waals surface area contributed by atoms with E-state index in [0.29, 0.717) is 18.2 Å². The molecule has 0 heterocycles. The largest absolute Gasteiger partial charge is 0.480 e. The van der Waals surface area contributed by atoms with Crippen LogP contribution < -0.4 is 5.73 Å². The van der Waals surface area contributed by atoms with Crippen molar-refractivity contribution in [3.63, 3.8) is 0 Å². The highest BCUT2D eigenvalue weighted by Gasteiger charge is 2.37. The van der Waals surface area contributed by atoms with Crippen molar-refractivity contribution in [3.8, 4) is 0 Å². The number of carboxylic acid groups (broad SMARTS) is 1. The van der Waals surface area contributed by atoms with E-state index in [1.807, 2.05) is 0 Å². The van der Waals surface area contributed by atoms with Gasteiger partial charge in [0.2, 0.25) is 0 Å². The third-order valence-corrected chi connectivity index (χ3v) is 3.91. The number of nitrogens with two attached hydrogens (primary N) is 1. The molecule has 0 bridgehead atoms. The Hall–Kier alpha value is -1.77. The predicted molar refractivity (Wildman–Crippen MR) is 78.8 cm³/mol. The van der Waals surface area contributed by atoms with Crippen LogP contribution in [-0.2, 0) is 23.6 Å². The molecule has 0 saturated heterocycles. The maximum absolute atomic E-state index is 13.0. The van der Waals surface area contributed by atoms with Crippen molar-refractivity contribution in [1.29, 1.82) is 0 Å². The lowest BCUT2D eigenvalue weighted by Gasteiger charge is -2.24. The number of rotatable bonds is 6. The molecule has 0 aliphatic heterocycles. The standard InChI is InChI=1S/C16H19F6NO2/c1-9(8-14(2,23)13(24)25)3-4-10-7-11(15(17,18)19)5-6-12(10)16(20,21)22/h5-7,9H,3-4,8,23H2,1-2H3,(H,24,25). The Morgan fingerprint density at radius 1 is 1.16 bits per heavy atom. The first-order valence-electron chi connectivity index (χ1n) is 7.44. The molecule has 0 spiro atoms. The summed E-state index contributed by atoms with van der Waals surface area (Å²) in [7, 11) is 0. The Bertz CT molecular complexity index is 622. The zero-order valence-electron chi connectivity index (χ0n) is 13.6. The fraction of sp³-hybridized carbons (Fsp3) is 0.562. The number of halogens is 6. The maximum atomic E-state index is 13.0. The number of carboxylic acids is 1. The summed E-state index contributed by atoms with van der Waals surface area (Å²) in [5.41, 5.74) is 1.28. The van der Waals surface area contributed by atoms with E-state index in [-0.39, 0.29) is 25.2 Å². The van der Waals surface area contributed by atoms with E-state index in [2.05, 4.69) is 0 Å². The van der Waals surface area contributed by atoms with Gasteiger partial charge in [0.25, 0.3) is 0 Å². The number of alkyl halides is 6. The van der Waals surface area contributed by atoms with Crippen molar-refractivity contribution in [2.45, 2.75) is 51.0 Å². The SMILES string of the molecule is CC(CCc1cc(C(F)(F)F)ccc1C(F)(F)F)CC(C)(N)C(=O)O. The molecule has 1 aromatic carbocycles. The molecular formula is C16H19F6NO2. The molecule has 0 radical (unpaired) electrons. The van der Waals surface area contributed by atoms with Gasteiger partial charge in [-0.1, -0.05) is 6.92 Å². The van der Waals surface area contributed by atoms with Gasteiger partial charge in [0.15, 0.2) is 0 Å². The van der Waals surface area contributed by atoms with Crippen molar-refractivity contribution in [2.24, 2.45) is 11.7 Å². The summed E-state index contributed by atoms with van der Waals surface area (Å²) >= 11 is 0. The lowest BCUT2D eigenvalue weighted by atomic mass is 9.86. The second-order valence-electron chi connectivity index (χ2n) is 6.44. The normalized spacial score (nSPS) is 16.4. The van der Waals surface area contributed by atoms with Gasteiger partial charge in [0.05, 0.1) is 11.1 Å². The average Bonchev–Trinajstić information content (AvgIpc) is 2.42. The summed E-state index contributed by atoms with van der Waals surface area (Å²) in [5.74, 6) is -1.64. The van der Waals surface area contributed by atoms with Gasteiger partial charge in [-0.15, -0.1) is 0 Å². The highest BCUT2D eigenvalue weighted by atomic mass is 19.4. The van der Waals surface area contributed by atoms with Gasteiger partial charge in [-0.25, -0.2) is 0 Å². The number of hydrogen-bond donors (Lipinski definition) is 2. The topological polar surface area (TPSA) is 63.3 Å². The number of aryl methyl sites for hydroxylation is 1. The van der Waals surface area contributed by atoms with Crippen LogP contribution >= 0.6 is 0 Å². The minimum absolute atomic E-state index is 0.0113. The first-order chi connectivity index (χ1) is 11.1. The number of carbonyl (C=O) groups is 1. The Morgan fingerprint density at radius 2 is 1.72 bits per heavy atom. The first kappa shape index (κ1) is 21.3. The van der Waals surface area contributed by atoms with Crippen molar-refractivity contribution < 1.29 is 36.2 Å². The summed E-state index contributed by atoms with van der Waals surface area (Å²) in [6, 6.07) is 1.32. The molecule has 142 valence electrons. The lowest BCUT2D eigenvalue weighted by molar-refractivity contribution is -0.143. The van der Waals surface area contributed by atoms with Crippen molar-refractivity contribution >= 4 is 5.97 Å². The smallest absolute Gasteiger partial charge is 0.416 e. The number of aliphatic carboxylic acids is 1. The molecule has 2 unspecified atom stereocenters. The molecule has 0 aromatic heterocycles. The molecule has 0 amide bonds. The van der Waals surface area contributed by atoms with Crippen LogP contribution in [0.3, 0.4) is 0 Å². The van der Waals surface area contributed by atoms with Crippen LogP contribution in [0.25, 0.3) is 0 Å². The molecule has 2 atom stereocenters. The van der Waals surface area contributed by atoms with Gasteiger partial charge < -0.3 is 10.8 Å². The fourth-order valence-electron chi connectivity index (χ4n) is 2.57. The molecule has 0 fully saturated rings. The second kappa shape index (κ2) is 7.23. The zero-order chi connectivity index (χ0) is 19.6. The summed E-state index contributed by atoms with van der Waals surface area (Å²) in [5, 5.41) is 8.95. The van der Waals surface area contributed by atoms with Crippen LogP contribution in [0.15, 0.2) is 18.2 Å². The van der Waals surface area contributed by atoms with Crippen LogP contribution in [-0.4, -0.2) is 16.6 Å². The van der Waals surface area contributed by atoms with Crippen molar-refractivity contribution in [3.05, 3.63) is 34.9 Å². The first-order valence-corrected chi connectivity index (χ1v) is 7.44. The van der Waals surface area contributed by atoms with E-state index in [0.717, 1.165) is 0 Å². The lowest BCUT2D eigenvalue weighted by Crippen LogP contribution is -2.46. The maximum Gasteiger partial charge on any atom is 0.416 e.